The van der Waals surface area contributed by atoms with E-state index in [0.717, 1.165) is 38.1 Å². The van der Waals surface area contributed by atoms with Crippen molar-refractivity contribution in [2.75, 3.05) is 0 Å². The first-order valence-corrected chi connectivity index (χ1v) is 17.5. The molecule has 3 aromatic heterocycles. The van der Waals surface area contributed by atoms with Gasteiger partial charge in [0.1, 0.15) is 0 Å². The van der Waals surface area contributed by atoms with Crippen LogP contribution in [0.4, 0.5) is 0 Å². The van der Waals surface area contributed by atoms with E-state index in [4.69, 9.17) is 15.0 Å². The molecule has 0 spiro atoms. The molecule has 0 amide bonds. The van der Waals surface area contributed by atoms with Gasteiger partial charge in [0.15, 0.2) is 17.5 Å². The van der Waals surface area contributed by atoms with Crippen LogP contribution in [0, 0.1) is 0 Å². The van der Waals surface area contributed by atoms with Gasteiger partial charge in [-0.3, -0.25) is 0 Å². The van der Waals surface area contributed by atoms with E-state index in [1.54, 1.807) is 11.3 Å². The van der Waals surface area contributed by atoms with Crippen LogP contribution in [0.25, 0.3) is 93.0 Å². The standard InChI is InChI=1S/C45H28N4S/c1-4-15-29(16-5-1)32-23-14-25-37-40(32)35-22-10-12-24-36(35)49(37)38-28-27-34-33-21-11-13-26-39(33)50-42(34)41(38)45-47-43(30-17-6-2-7-18-30)46-44(48-45)31-19-8-3-9-20-31/h1-28H. The molecule has 0 saturated heterocycles. The SMILES string of the molecule is c1ccc(-c2nc(-c3ccccc3)nc(-c3c(-n4c5ccccc5c5c(-c6ccccc6)cccc54)ccc4c3sc3ccccc34)n2)cc1. The molecule has 0 atom stereocenters. The predicted molar refractivity (Wildman–Crippen MR) is 209 cm³/mol. The molecule has 0 saturated carbocycles. The van der Waals surface area contributed by atoms with E-state index in [1.165, 1.54) is 37.4 Å². The average Bonchev–Trinajstić information content (AvgIpc) is 3.74. The van der Waals surface area contributed by atoms with Crippen LogP contribution in [-0.2, 0) is 0 Å². The van der Waals surface area contributed by atoms with E-state index in [0.29, 0.717) is 17.5 Å². The molecule has 3 heterocycles. The number of fused-ring (bicyclic) bond motifs is 6. The molecule has 0 fully saturated rings. The van der Waals surface area contributed by atoms with Gasteiger partial charge >= 0.3 is 0 Å². The highest BCUT2D eigenvalue weighted by Crippen LogP contribution is 2.46. The van der Waals surface area contributed by atoms with E-state index in [2.05, 4.69) is 138 Å². The highest BCUT2D eigenvalue weighted by molar-refractivity contribution is 7.26. The van der Waals surface area contributed by atoms with Crippen molar-refractivity contribution < 1.29 is 0 Å². The second kappa shape index (κ2) is 11.6. The van der Waals surface area contributed by atoms with E-state index in [9.17, 15) is 0 Å². The molecule has 50 heavy (non-hydrogen) atoms. The van der Waals surface area contributed by atoms with Crippen molar-refractivity contribution >= 4 is 53.3 Å². The zero-order chi connectivity index (χ0) is 33.0. The lowest BCUT2D eigenvalue weighted by molar-refractivity contribution is 1.07. The Hall–Kier alpha value is -6.43. The Balaban J connectivity index is 1.35. The molecular formula is C45H28N4S. The van der Waals surface area contributed by atoms with Gasteiger partial charge in [-0.15, -0.1) is 11.3 Å². The topological polar surface area (TPSA) is 43.6 Å². The fourth-order valence-corrected chi connectivity index (χ4v) is 8.48. The van der Waals surface area contributed by atoms with Gasteiger partial charge < -0.3 is 4.57 Å². The number of thiophene rings is 1. The van der Waals surface area contributed by atoms with Gasteiger partial charge in [0.05, 0.1) is 22.3 Å². The minimum atomic E-state index is 0.645. The van der Waals surface area contributed by atoms with E-state index >= 15 is 0 Å². The molecule has 4 nitrogen and oxygen atoms in total. The zero-order valence-electron chi connectivity index (χ0n) is 26.9. The number of aromatic nitrogens is 4. The first-order chi connectivity index (χ1) is 24.8. The number of nitrogens with zero attached hydrogens (tertiary/aromatic N) is 4. The lowest BCUT2D eigenvalue weighted by atomic mass is 9.99. The minimum absolute atomic E-state index is 0.645. The molecular weight excluding hydrogens is 629 g/mol. The lowest BCUT2D eigenvalue weighted by Crippen LogP contribution is -2.04. The van der Waals surface area contributed by atoms with Gasteiger partial charge in [0.2, 0.25) is 0 Å². The Labute approximate surface area is 292 Å². The summed E-state index contributed by atoms with van der Waals surface area (Å²) in [5.74, 6) is 1.94. The number of benzene rings is 7. The van der Waals surface area contributed by atoms with Gasteiger partial charge in [0, 0.05) is 42.1 Å². The molecule has 10 aromatic rings. The average molecular weight is 657 g/mol. The van der Waals surface area contributed by atoms with Crippen LogP contribution in [0.1, 0.15) is 0 Å². The first kappa shape index (κ1) is 28.6. The van der Waals surface area contributed by atoms with E-state index in [1.807, 2.05) is 36.4 Å². The van der Waals surface area contributed by atoms with Crippen LogP contribution in [0.5, 0.6) is 0 Å². The number of hydrogen-bond donors (Lipinski definition) is 0. The Morgan fingerprint density at radius 3 is 1.66 bits per heavy atom. The van der Waals surface area contributed by atoms with Gasteiger partial charge in [-0.05, 0) is 35.4 Å². The number of hydrogen-bond acceptors (Lipinski definition) is 4. The van der Waals surface area contributed by atoms with Gasteiger partial charge in [-0.1, -0.05) is 146 Å². The van der Waals surface area contributed by atoms with Crippen LogP contribution >= 0.6 is 11.3 Å². The Morgan fingerprint density at radius 1 is 0.400 bits per heavy atom. The third kappa shape index (κ3) is 4.55. The summed E-state index contributed by atoms with van der Waals surface area (Å²) in [4.78, 5) is 15.6. The highest BCUT2D eigenvalue weighted by Gasteiger charge is 2.24. The van der Waals surface area contributed by atoms with E-state index in [-0.39, 0.29) is 0 Å². The molecule has 0 unspecified atom stereocenters. The third-order valence-electron chi connectivity index (χ3n) is 9.47. The third-order valence-corrected chi connectivity index (χ3v) is 10.7. The molecule has 0 N–H and O–H groups in total. The van der Waals surface area contributed by atoms with Crippen molar-refractivity contribution in [2.24, 2.45) is 0 Å². The maximum absolute atomic E-state index is 5.29. The maximum atomic E-state index is 5.29. The summed E-state index contributed by atoms with van der Waals surface area (Å²) in [6, 6.07) is 59.6. The summed E-state index contributed by atoms with van der Waals surface area (Å²) >= 11 is 1.79. The van der Waals surface area contributed by atoms with Crippen molar-refractivity contribution in [1.29, 1.82) is 0 Å². The van der Waals surface area contributed by atoms with Crippen molar-refractivity contribution in [1.82, 2.24) is 19.5 Å². The minimum Gasteiger partial charge on any atom is -0.308 e. The van der Waals surface area contributed by atoms with Crippen LogP contribution in [0.2, 0.25) is 0 Å². The van der Waals surface area contributed by atoms with Crippen LogP contribution in [0.15, 0.2) is 170 Å². The molecule has 0 radical (unpaired) electrons. The second-order valence-electron chi connectivity index (χ2n) is 12.4. The van der Waals surface area contributed by atoms with E-state index < -0.39 is 0 Å². The first-order valence-electron chi connectivity index (χ1n) is 16.7. The molecule has 5 heteroatoms. The summed E-state index contributed by atoms with van der Waals surface area (Å²) in [5, 5.41) is 4.85. The summed E-state index contributed by atoms with van der Waals surface area (Å²) < 4.78 is 4.79. The molecule has 0 aliphatic heterocycles. The summed E-state index contributed by atoms with van der Waals surface area (Å²) in [5.41, 5.74) is 8.59. The summed E-state index contributed by atoms with van der Waals surface area (Å²) in [7, 11) is 0. The quantitative estimate of drug-likeness (QED) is 0.185. The highest BCUT2D eigenvalue weighted by atomic mass is 32.1. The zero-order valence-corrected chi connectivity index (χ0v) is 27.7. The van der Waals surface area contributed by atoms with Crippen LogP contribution < -0.4 is 0 Å². The van der Waals surface area contributed by atoms with Crippen LogP contribution in [-0.4, -0.2) is 19.5 Å². The summed E-state index contributed by atoms with van der Waals surface area (Å²) in [6.07, 6.45) is 0. The number of rotatable bonds is 5. The Bertz CT molecular complexity index is 2800. The summed E-state index contributed by atoms with van der Waals surface area (Å²) in [6.45, 7) is 0. The molecule has 0 aliphatic rings. The Kier molecular flexibility index (Phi) is 6.64. The van der Waals surface area contributed by atoms with Gasteiger partial charge in [0.25, 0.3) is 0 Å². The lowest BCUT2D eigenvalue weighted by Gasteiger charge is -2.16. The second-order valence-corrected chi connectivity index (χ2v) is 13.4. The molecule has 10 rings (SSSR count). The van der Waals surface area contributed by atoms with Gasteiger partial charge in [-0.2, -0.15) is 0 Å². The molecule has 7 aromatic carbocycles. The fraction of sp³-hybridized carbons (Fsp3) is 0. The van der Waals surface area contributed by atoms with Crippen molar-refractivity contribution in [2.45, 2.75) is 0 Å². The van der Waals surface area contributed by atoms with Gasteiger partial charge in [-0.25, -0.2) is 15.0 Å². The fourth-order valence-electron chi connectivity index (χ4n) is 7.24. The molecule has 0 aliphatic carbocycles. The maximum Gasteiger partial charge on any atom is 0.167 e. The monoisotopic (exact) mass is 656 g/mol. The predicted octanol–water partition coefficient (Wildman–Crippen LogP) is 12.0. The normalized spacial score (nSPS) is 11.6. The largest absolute Gasteiger partial charge is 0.308 e. The smallest absolute Gasteiger partial charge is 0.167 e. The number of para-hydroxylation sites is 1. The van der Waals surface area contributed by atoms with Crippen LogP contribution in [0.3, 0.4) is 0 Å². The van der Waals surface area contributed by atoms with Crippen molar-refractivity contribution in [3.05, 3.63) is 170 Å². The molecule has 0 bridgehead atoms. The molecule has 234 valence electrons. The van der Waals surface area contributed by atoms with Crippen molar-refractivity contribution in [3.63, 3.8) is 0 Å². The Morgan fingerprint density at radius 2 is 0.960 bits per heavy atom. The van der Waals surface area contributed by atoms with Crippen molar-refractivity contribution in [3.8, 4) is 51.0 Å².